The van der Waals surface area contributed by atoms with E-state index in [0.29, 0.717) is 6.54 Å². The molecule has 20 heavy (non-hydrogen) atoms. The van der Waals surface area contributed by atoms with E-state index in [9.17, 15) is 9.59 Å². The molecule has 0 aliphatic carbocycles. The number of likely N-dealkylation sites (N-methyl/N-ethyl adjacent to an activating group) is 1. The van der Waals surface area contributed by atoms with E-state index >= 15 is 0 Å². The summed E-state index contributed by atoms with van der Waals surface area (Å²) in [7, 11) is 1.57. The quantitative estimate of drug-likeness (QED) is 0.739. The van der Waals surface area contributed by atoms with Crippen LogP contribution >= 0.6 is 0 Å². The van der Waals surface area contributed by atoms with Gasteiger partial charge in [0.05, 0.1) is 26.3 Å². The molecule has 2 unspecified atom stereocenters. The lowest BCUT2D eigenvalue weighted by Crippen LogP contribution is -2.48. The number of carbonyl (C=O) groups excluding carboxylic acids is 1. The summed E-state index contributed by atoms with van der Waals surface area (Å²) in [6.07, 6.45) is 0. The maximum Gasteiger partial charge on any atom is 0.324 e. The zero-order chi connectivity index (χ0) is 14.7. The molecule has 0 radical (unpaired) electrons. The molecule has 1 fully saturated rings. The molecule has 2 rings (SSSR count). The molecule has 0 spiro atoms. The topological polar surface area (TPSA) is 122 Å². The summed E-state index contributed by atoms with van der Waals surface area (Å²) in [5.74, 6) is -1.63. The van der Waals surface area contributed by atoms with Crippen molar-refractivity contribution in [2.45, 2.75) is 13.0 Å². The van der Waals surface area contributed by atoms with Crippen molar-refractivity contribution >= 4 is 17.9 Å². The molecule has 1 aliphatic rings. The van der Waals surface area contributed by atoms with Crippen LogP contribution in [-0.2, 0) is 16.6 Å². The number of carbonyl (C=O) groups is 2. The number of hydrogen-bond acceptors (Lipinski definition) is 6. The van der Waals surface area contributed by atoms with Crippen molar-refractivity contribution in [1.82, 2.24) is 25.1 Å². The monoisotopic (exact) mass is 284 g/mol. The smallest absolute Gasteiger partial charge is 0.324 e. The van der Waals surface area contributed by atoms with Crippen LogP contribution in [-0.4, -0.2) is 68.0 Å². The lowest BCUT2D eigenvalue weighted by molar-refractivity contribution is -0.142. The fraction of sp³-hybridized carbons (Fsp3) is 0.700. The van der Waals surface area contributed by atoms with Gasteiger partial charge in [-0.05, 0) is 12.1 Å². The second-order valence-corrected chi connectivity index (χ2v) is 4.37. The van der Waals surface area contributed by atoms with E-state index in [0.717, 1.165) is 0 Å². The van der Waals surface area contributed by atoms with E-state index < -0.39 is 24.0 Å². The number of nitrogens with zero attached hydrogens (tertiary/aromatic N) is 5. The van der Waals surface area contributed by atoms with Gasteiger partial charge in [0.2, 0.25) is 0 Å². The van der Waals surface area contributed by atoms with Crippen LogP contribution in [0.25, 0.3) is 0 Å². The number of carboxylic acids is 1. The first-order valence-electron chi connectivity index (χ1n) is 6.15. The Bertz CT molecular complexity index is 504. The van der Waals surface area contributed by atoms with Gasteiger partial charge in [0.15, 0.2) is 0 Å². The van der Waals surface area contributed by atoms with Crippen LogP contribution < -0.4 is 5.32 Å². The molecule has 0 aromatic carbocycles. The van der Waals surface area contributed by atoms with Gasteiger partial charge < -0.3 is 14.7 Å². The third-order valence-electron chi connectivity index (χ3n) is 3.10. The zero-order valence-electron chi connectivity index (χ0n) is 11.2. The highest BCUT2D eigenvalue weighted by Gasteiger charge is 2.39. The Balaban J connectivity index is 2.07. The molecule has 10 nitrogen and oxygen atoms in total. The summed E-state index contributed by atoms with van der Waals surface area (Å²) in [5, 5.41) is 22.7. The number of amides is 2. The number of ether oxygens (including phenoxy) is 1. The van der Waals surface area contributed by atoms with Gasteiger partial charge in [-0.2, -0.15) is 4.80 Å². The van der Waals surface area contributed by atoms with Crippen molar-refractivity contribution in [3.05, 3.63) is 0 Å². The highest BCUT2D eigenvalue weighted by atomic mass is 16.5. The Morgan fingerprint density at radius 1 is 1.55 bits per heavy atom. The van der Waals surface area contributed by atoms with Crippen molar-refractivity contribution in [1.29, 1.82) is 0 Å². The van der Waals surface area contributed by atoms with Crippen molar-refractivity contribution in [2.24, 2.45) is 13.0 Å². The lowest BCUT2D eigenvalue weighted by atomic mass is 10.0. The number of hydrogen-bond donors (Lipinski definition) is 2. The lowest BCUT2D eigenvalue weighted by Gasteiger charge is -2.28. The average molecular weight is 284 g/mol. The molecule has 2 N–H and O–H groups in total. The van der Waals surface area contributed by atoms with Crippen molar-refractivity contribution in [3.63, 3.8) is 0 Å². The maximum atomic E-state index is 12.2. The van der Waals surface area contributed by atoms with E-state index in [1.54, 1.807) is 14.0 Å². The van der Waals surface area contributed by atoms with Gasteiger partial charge >= 0.3 is 12.0 Å². The van der Waals surface area contributed by atoms with Crippen molar-refractivity contribution < 1.29 is 19.4 Å². The van der Waals surface area contributed by atoms with Crippen molar-refractivity contribution in [3.8, 4) is 0 Å². The number of carboxylic acid groups (broad SMARTS) is 1. The van der Waals surface area contributed by atoms with E-state index in [1.807, 2.05) is 0 Å². The van der Waals surface area contributed by atoms with E-state index in [2.05, 4.69) is 20.7 Å². The zero-order valence-corrected chi connectivity index (χ0v) is 11.2. The maximum absolute atomic E-state index is 12.2. The fourth-order valence-corrected chi connectivity index (χ4v) is 2.12. The molecule has 2 heterocycles. The predicted molar refractivity (Wildman–Crippen MR) is 65.9 cm³/mol. The Labute approximate surface area is 114 Å². The Morgan fingerprint density at radius 3 is 2.85 bits per heavy atom. The van der Waals surface area contributed by atoms with E-state index in [-0.39, 0.29) is 19.2 Å². The third kappa shape index (κ3) is 2.85. The molecule has 0 bridgehead atoms. The van der Waals surface area contributed by atoms with Crippen LogP contribution in [0, 0.1) is 5.92 Å². The number of tetrazole rings is 1. The minimum atomic E-state index is -0.976. The molecular weight excluding hydrogens is 268 g/mol. The second-order valence-electron chi connectivity index (χ2n) is 4.37. The number of aromatic nitrogens is 4. The minimum absolute atomic E-state index is 0.0711. The summed E-state index contributed by atoms with van der Waals surface area (Å²) in [4.78, 5) is 25.9. The first kappa shape index (κ1) is 14.2. The Hall–Kier alpha value is -2.23. The van der Waals surface area contributed by atoms with Gasteiger partial charge in [0.1, 0.15) is 5.92 Å². The minimum Gasteiger partial charge on any atom is -0.481 e. The largest absolute Gasteiger partial charge is 0.481 e. The molecule has 110 valence electrons. The first-order valence-corrected chi connectivity index (χ1v) is 6.15. The number of anilines is 1. The van der Waals surface area contributed by atoms with Gasteiger partial charge in [0.25, 0.3) is 5.95 Å². The van der Waals surface area contributed by atoms with Gasteiger partial charge in [0, 0.05) is 6.54 Å². The van der Waals surface area contributed by atoms with Gasteiger partial charge in [-0.15, -0.1) is 5.10 Å². The average Bonchev–Trinajstić information content (AvgIpc) is 3.00. The summed E-state index contributed by atoms with van der Waals surface area (Å²) in [6.45, 7) is 2.42. The van der Waals surface area contributed by atoms with Gasteiger partial charge in [-0.1, -0.05) is 5.10 Å². The molecule has 1 saturated heterocycles. The number of urea groups is 1. The Morgan fingerprint density at radius 2 is 2.30 bits per heavy atom. The fourth-order valence-electron chi connectivity index (χ4n) is 2.12. The van der Waals surface area contributed by atoms with Gasteiger partial charge in [-0.25, -0.2) is 4.79 Å². The van der Waals surface area contributed by atoms with Crippen LogP contribution in [0.15, 0.2) is 0 Å². The van der Waals surface area contributed by atoms with E-state index in [4.69, 9.17) is 9.84 Å². The standard InChI is InChI=1S/C10H16N6O4/c1-3-16(7-5-20-4-6(7)8(17)18)10(19)11-9-12-14-15(2)13-9/h6-7H,3-5H2,1-2H3,(H,17,18)(H,11,13,19). The molecule has 1 aliphatic heterocycles. The highest BCUT2D eigenvalue weighted by molar-refractivity contribution is 5.88. The predicted octanol–water partition coefficient (Wildman–Crippen LogP) is -0.836. The van der Waals surface area contributed by atoms with Gasteiger partial charge in [-0.3, -0.25) is 10.1 Å². The van der Waals surface area contributed by atoms with Crippen LogP contribution in [0.2, 0.25) is 0 Å². The summed E-state index contributed by atoms with van der Waals surface area (Å²) in [6, 6.07) is -0.976. The number of aryl methyl sites for hydroxylation is 1. The molecule has 1 aromatic heterocycles. The van der Waals surface area contributed by atoms with E-state index in [1.165, 1.54) is 9.70 Å². The number of aliphatic carboxylic acids is 1. The molecular formula is C10H16N6O4. The first-order chi connectivity index (χ1) is 9.52. The van der Waals surface area contributed by atoms with Crippen LogP contribution in [0.4, 0.5) is 10.7 Å². The summed E-state index contributed by atoms with van der Waals surface area (Å²) in [5.41, 5.74) is 0. The molecule has 10 heteroatoms. The third-order valence-corrected chi connectivity index (χ3v) is 3.10. The highest BCUT2D eigenvalue weighted by Crippen LogP contribution is 2.20. The van der Waals surface area contributed by atoms with Crippen LogP contribution in [0.5, 0.6) is 0 Å². The molecule has 2 atom stereocenters. The second kappa shape index (κ2) is 5.82. The molecule has 1 aromatic rings. The summed E-state index contributed by atoms with van der Waals surface area (Å²) < 4.78 is 5.17. The Kier molecular flexibility index (Phi) is 4.13. The van der Waals surface area contributed by atoms with Crippen LogP contribution in [0.1, 0.15) is 6.92 Å². The number of rotatable bonds is 4. The SMILES string of the molecule is CCN(C(=O)Nc1nnn(C)n1)C1COCC1C(=O)O. The molecule has 0 saturated carbocycles. The summed E-state index contributed by atoms with van der Waals surface area (Å²) >= 11 is 0. The van der Waals surface area contributed by atoms with Crippen LogP contribution in [0.3, 0.4) is 0 Å². The normalized spacial score (nSPS) is 21.7. The molecule has 2 amide bonds. The number of nitrogens with one attached hydrogen (secondary N) is 1. The van der Waals surface area contributed by atoms with Crippen molar-refractivity contribution in [2.75, 3.05) is 25.1 Å².